The summed E-state index contributed by atoms with van der Waals surface area (Å²) >= 11 is 0. The molecule has 0 saturated carbocycles. The van der Waals surface area contributed by atoms with Crippen LogP contribution in [0.2, 0.25) is 0 Å². The molecule has 0 saturated heterocycles. The van der Waals surface area contributed by atoms with Gasteiger partial charge >= 0.3 is 0 Å². The Kier molecular flexibility index (Phi) is 2.28. The number of rotatable bonds is 1. The zero-order valence-electron chi connectivity index (χ0n) is 8.58. The maximum absolute atomic E-state index is 11.0. The van der Waals surface area contributed by atoms with Crippen molar-refractivity contribution < 1.29 is 4.79 Å². The molecule has 74 valence electrons. The van der Waals surface area contributed by atoms with Crippen LogP contribution in [0.5, 0.6) is 0 Å². The standard InChI is InChI=1S/C12H15NO/c1-8-11-6-4-3-5-10(11)7-12(8)13-9(2)14/h3-6,8,12H,7H2,1-2H3,(H,13,14)/t8-,12-/m1/s1. The summed E-state index contributed by atoms with van der Waals surface area (Å²) in [6, 6.07) is 8.70. The minimum Gasteiger partial charge on any atom is -0.353 e. The first-order valence-electron chi connectivity index (χ1n) is 5.03. The molecule has 0 spiro atoms. The Hall–Kier alpha value is -1.31. The molecule has 2 nitrogen and oxygen atoms in total. The maximum atomic E-state index is 11.0. The third-order valence-electron chi connectivity index (χ3n) is 2.98. The number of hydrogen-bond donors (Lipinski definition) is 1. The fourth-order valence-corrected chi connectivity index (χ4v) is 2.23. The van der Waals surface area contributed by atoms with Crippen molar-refractivity contribution in [2.75, 3.05) is 0 Å². The fraction of sp³-hybridized carbons (Fsp3) is 0.417. The summed E-state index contributed by atoms with van der Waals surface area (Å²) in [6.45, 7) is 3.75. The smallest absolute Gasteiger partial charge is 0.217 e. The van der Waals surface area contributed by atoms with Crippen molar-refractivity contribution in [1.82, 2.24) is 5.32 Å². The van der Waals surface area contributed by atoms with Crippen LogP contribution in [0.3, 0.4) is 0 Å². The summed E-state index contributed by atoms with van der Waals surface area (Å²) in [7, 11) is 0. The van der Waals surface area contributed by atoms with Crippen LogP contribution in [0, 0.1) is 0 Å². The molecule has 1 aromatic carbocycles. The number of fused-ring (bicyclic) bond motifs is 1. The van der Waals surface area contributed by atoms with Gasteiger partial charge in [0.1, 0.15) is 0 Å². The van der Waals surface area contributed by atoms with E-state index < -0.39 is 0 Å². The number of carbonyl (C=O) groups is 1. The van der Waals surface area contributed by atoms with Crippen LogP contribution in [-0.4, -0.2) is 11.9 Å². The zero-order valence-corrected chi connectivity index (χ0v) is 8.58. The molecule has 0 fully saturated rings. The van der Waals surface area contributed by atoms with Gasteiger partial charge in [0.2, 0.25) is 5.91 Å². The van der Waals surface area contributed by atoms with Gasteiger partial charge in [0.15, 0.2) is 0 Å². The lowest BCUT2D eigenvalue weighted by Crippen LogP contribution is -2.35. The van der Waals surface area contributed by atoms with E-state index in [0.29, 0.717) is 5.92 Å². The second-order valence-electron chi connectivity index (χ2n) is 4.00. The van der Waals surface area contributed by atoms with Crippen LogP contribution in [0.1, 0.15) is 30.9 Å². The van der Waals surface area contributed by atoms with Crippen molar-refractivity contribution >= 4 is 5.91 Å². The van der Waals surface area contributed by atoms with Gasteiger partial charge < -0.3 is 5.32 Å². The highest BCUT2D eigenvalue weighted by atomic mass is 16.1. The molecule has 0 radical (unpaired) electrons. The first-order valence-corrected chi connectivity index (χ1v) is 5.03. The predicted molar refractivity (Wildman–Crippen MR) is 56.2 cm³/mol. The van der Waals surface area contributed by atoms with Crippen molar-refractivity contribution in [1.29, 1.82) is 0 Å². The van der Waals surface area contributed by atoms with E-state index in [9.17, 15) is 4.79 Å². The van der Waals surface area contributed by atoms with E-state index in [1.54, 1.807) is 6.92 Å². The van der Waals surface area contributed by atoms with Crippen LogP contribution in [-0.2, 0) is 11.2 Å². The van der Waals surface area contributed by atoms with Crippen molar-refractivity contribution in [2.24, 2.45) is 0 Å². The first kappa shape index (κ1) is 9.25. The highest BCUT2D eigenvalue weighted by Gasteiger charge is 2.28. The molecular formula is C12H15NO. The molecule has 1 aliphatic carbocycles. The van der Waals surface area contributed by atoms with Gasteiger partial charge in [-0.1, -0.05) is 31.2 Å². The van der Waals surface area contributed by atoms with E-state index in [1.807, 2.05) is 0 Å². The highest BCUT2D eigenvalue weighted by Crippen LogP contribution is 2.32. The van der Waals surface area contributed by atoms with Gasteiger partial charge in [-0.05, 0) is 17.5 Å². The summed E-state index contributed by atoms with van der Waals surface area (Å²) < 4.78 is 0. The third kappa shape index (κ3) is 1.52. The Morgan fingerprint density at radius 3 is 2.79 bits per heavy atom. The van der Waals surface area contributed by atoms with Crippen molar-refractivity contribution in [3.05, 3.63) is 35.4 Å². The minimum atomic E-state index is 0.0645. The van der Waals surface area contributed by atoms with Crippen LogP contribution < -0.4 is 5.32 Å². The van der Waals surface area contributed by atoms with E-state index >= 15 is 0 Å². The Morgan fingerprint density at radius 2 is 2.14 bits per heavy atom. The van der Waals surface area contributed by atoms with Gasteiger partial charge in [-0.15, -0.1) is 0 Å². The average molecular weight is 189 g/mol. The molecule has 2 heteroatoms. The van der Waals surface area contributed by atoms with Crippen molar-refractivity contribution in [3.8, 4) is 0 Å². The molecule has 0 unspecified atom stereocenters. The topological polar surface area (TPSA) is 29.1 Å². The lowest BCUT2D eigenvalue weighted by atomic mass is 10.0. The average Bonchev–Trinajstić information content (AvgIpc) is 2.44. The molecule has 0 heterocycles. The number of hydrogen-bond acceptors (Lipinski definition) is 1. The minimum absolute atomic E-state index is 0.0645. The quantitative estimate of drug-likeness (QED) is 0.717. The summed E-state index contributed by atoms with van der Waals surface area (Å²) in [5.74, 6) is 0.504. The lowest BCUT2D eigenvalue weighted by molar-refractivity contribution is -0.119. The van der Waals surface area contributed by atoms with Gasteiger partial charge in [0.25, 0.3) is 0 Å². The summed E-state index contributed by atoms with van der Waals surface area (Å²) in [5.41, 5.74) is 2.75. The molecule has 14 heavy (non-hydrogen) atoms. The molecule has 1 N–H and O–H groups in total. The molecule has 1 aliphatic rings. The molecule has 0 aromatic heterocycles. The molecule has 1 aromatic rings. The van der Waals surface area contributed by atoms with Crippen LogP contribution in [0.4, 0.5) is 0 Å². The van der Waals surface area contributed by atoms with Gasteiger partial charge in [-0.25, -0.2) is 0 Å². The van der Waals surface area contributed by atoms with Crippen LogP contribution in [0.15, 0.2) is 24.3 Å². The predicted octanol–water partition coefficient (Wildman–Crippen LogP) is 1.85. The largest absolute Gasteiger partial charge is 0.353 e. The lowest BCUT2D eigenvalue weighted by Gasteiger charge is -2.16. The van der Waals surface area contributed by atoms with E-state index in [2.05, 4.69) is 36.5 Å². The van der Waals surface area contributed by atoms with E-state index in [4.69, 9.17) is 0 Å². The molecule has 2 rings (SSSR count). The maximum Gasteiger partial charge on any atom is 0.217 e. The van der Waals surface area contributed by atoms with Gasteiger partial charge in [-0.2, -0.15) is 0 Å². The Morgan fingerprint density at radius 1 is 1.43 bits per heavy atom. The van der Waals surface area contributed by atoms with Gasteiger partial charge in [0.05, 0.1) is 0 Å². The third-order valence-corrected chi connectivity index (χ3v) is 2.98. The van der Waals surface area contributed by atoms with Gasteiger partial charge in [-0.3, -0.25) is 4.79 Å². The Bertz CT molecular complexity index is 359. The molecule has 0 bridgehead atoms. The SMILES string of the molecule is CC(=O)N[C@@H]1Cc2ccccc2[C@H]1C. The normalized spacial score (nSPS) is 24.4. The highest BCUT2D eigenvalue weighted by molar-refractivity contribution is 5.73. The second-order valence-corrected chi connectivity index (χ2v) is 4.00. The fourth-order valence-electron chi connectivity index (χ4n) is 2.23. The van der Waals surface area contributed by atoms with Crippen molar-refractivity contribution in [3.63, 3.8) is 0 Å². The Balaban J connectivity index is 2.21. The summed E-state index contributed by atoms with van der Waals surface area (Å²) in [6.07, 6.45) is 0.969. The molecule has 0 aliphatic heterocycles. The van der Waals surface area contributed by atoms with E-state index in [0.717, 1.165) is 6.42 Å². The monoisotopic (exact) mass is 189 g/mol. The summed E-state index contributed by atoms with van der Waals surface area (Å²) in [5, 5.41) is 3.00. The second kappa shape index (κ2) is 3.45. The molecule has 1 amide bonds. The van der Waals surface area contributed by atoms with Crippen molar-refractivity contribution in [2.45, 2.75) is 32.2 Å². The molecular weight excluding hydrogens is 174 g/mol. The summed E-state index contributed by atoms with van der Waals surface area (Å²) in [4.78, 5) is 11.0. The number of carbonyl (C=O) groups excluding carboxylic acids is 1. The number of benzene rings is 1. The number of amides is 1. The number of nitrogens with one attached hydrogen (secondary N) is 1. The van der Waals surface area contributed by atoms with E-state index in [-0.39, 0.29) is 11.9 Å². The van der Waals surface area contributed by atoms with Crippen LogP contribution in [0.25, 0.3) is 0 Å². The van der Waals surface area contributed by atoms with Crippen LogP contribution >= 0.6 is 0 Å². The first-order chi connectivity index (χ1) is 6.68. The van der Waals surface area contributed by atoms with Gasteiger partial charge in [0, 0.05) is 18.9 Å². The molecule has 2 atom stereocenters. The Labute approximate surface area is 84.3 Å². The van der Waals surface area contributed by atoms with E-state index in [1.165, 1.54) is 11.1 Å². The zero-order chi connectivity index (χ0) is 10.1.